The zero-order chi connectivity index (χ0) is 27.4. The van der Waals surface area contributed by atoms with E-state index in [0.717, 1.165) is 56.5 Å². The van der Waals surface area contributed by atoms with Crippen molar-refractivity contribution < 1.29 is 9.53 Å². The van der Waals surface area contributed by atoms with Crippen LogP contribution in [-0.4, -0.2) is 5.78 Å². The summed E-state index contributed by atoms with van der Waals surface area (Å²) in [5.41, 5.74) is 6.18. The first-order chi connectivity index (χ1) is 19.4. The van der Waals surface area contributed by atoms with Gasteiger partial charge in [-0.25, -0.2) is 0 Å². The maximum atomic E-state index is 14.1. The predicted molar refractivity (Wildman–Crippen MR) is 165 cm³/mol. The number of allylic oxidation sites excluding steroid dienone is 1. The van der Waals surface area contributed by atoms with E-state index in [4.69, 9.17) is 16.3 Å². The Labute approximate surface area is 239 Å². The van der Waals surface area contributed by atoms with E-state index in [2.05, 4.69) is 85.9 Å². The summed E-state index contributed by atoms with van der Waals surface area (Å²) in [7, 11) is 0. The summed E-state index contributed by atoms with van der Waals surface area (Å²) in [4.78, 5) is 14.1. The Kier molecular flexibility index (Phi) is 5.94. The molecular formula is C36H30ClNO2. The van der Waals surface area contributed by atoms with Gasteiger partial charge in [0.15, 0.2) is 5.78 Å². The number of carbonyl (C=O) groups excluding carboxylic acids is 1. The molecule has 0 aromatic heterocycles. The van der Waals surface area contributed by atoms with Crippen molar-refractivity contribution in [1.29, 1.82) is 0 Å². The predicted octanol–water partition coefficient (Wildman–Crippen LogP) is 9.53. The van der Waals surface area contributed by atoms with Gasteiger partial charge in [-0.2, -0.15) is 0 Å². The van der Waals surface area contributed by atoms with Crippen LogP contribution in [0, 0.1) is 5.41 Å². The molecule has 0 bridgehead atoms. The molecule has 1 aliphatic carbocycles. The second kappa shape index (κ2) is 9.53. The molecule has 5 aromatic carbocycles. The number of ketones is 1. The lowest BCUT2D eigenvalue weighted by atomic mass is 9.67. The number of nitrogens with one attached hydrogen (secondary N) is 1. The summed E-state index contributed by atoms with van der Waals surface area (Å²) >= 11 is 6.11. The molecule has 40 heavy (non-hydrogen) atoms. The second-order valence-corrected chi connectivity index (χ2v) is 12.2. The minimum absolute atomic E-state index is 0.112. The molecule has 0 spiro atoms. The summed E-state index contributed by atoms with van der Waals surface area (Å²) in [6.07, 6.45) is 1.37. The Morgan fingerprint density at radius 2 is 1.50 bits per heavy atom. The van der Waals surface area contributed by atoms with Crippen molar-refractivity contribution in [3.63, 3.8) is 0 Å². The quantitative estimate of drug-likeness (QED) is 0.245. The van der Waals surface area contributed by atoms with Gasteiger partial charge in [-0.1, -0.05) is 98.2 Å². The molecule has 198 valence electrons. The van der Waals surface area contributed by atoms with Crippen molar-refractivity contribution in [1.82, 2.24) is 0 Å². The van der Waals surface area contributed by atoms with Crippen LogP contribution >= 0.6 is 11.6 Å². The third-order valence-electron chi connectivity index (χ3n) is 8.27. The maximum absolute atomic E-state index is 14.1. The van der Waals surface area contributed by atoms with Crippen LogP contribution in [0.1, 0.15) is 49.4 Å². The number of carbonyl (C=O) groups is 1. The van der Waals surface area contributed by atoms with Crippen molar-refractivity contribution in [2.45, 2.75) is 39.3 Å². The number of ether oxygens (including phenoxy) is 1. The first kappa shape index (κ1) is 24.9. The van der Waals surface area contributed by atoms with Crippen molar-refractivity contribution >= 4 is 50.2 Å². The molecule has 0 unspecified atom stereocenters. The number of rotatable bonds is 4. The van der Waals surface area contributed by atoms with E-state index in [1.165, 1.54) is 10.8 Å². The number of halogens is 1. The highest BCUT2D eigenvalue weighted by Crippen LogP contribution is 2.53. The third-order valence-corrected chi connectivity index (χ3v) is 8.52. The Bertz CT molecular complexity index is 1830. The third kappa shape index (κ3) is 4.26. The number of hydrogen-bond acceptors (Lipinski definition) is 3. The molecule has 4 heteroatoms. The van der Waals surface area contributed by atoms with E-state index in [0.29, 0.717) is 18.1 Å². The largest absolute Gasteiger partial charge is 0.489 e. The van der Waals surface area contributed by atoms with Crippen LogP contribution in [0.4, 0.5) is 5.69 Å². The van der Waals surface area contributed by atoms with Gasteiger partial charge in [-0.15, -0.1) is 0 Å². The zero-order valence-corrected chi connectivity index (χ0v) is 23.4. The van der Waals surface area contributed by atoms with E-state index >= 15 is 0 Å². The highest BCUT2D eigenvalue weighted by molar-refractivity contribution is 6.30. The van der Waals surface area contributed by atoms with E-state index < -0.39 is 0 Å². The number of Topliss-reactive ketones (excluding diaryl/α,β-unsaturated/α-hetero) is 1. The molecule has 1 atom stereocenters. The van der Waals surface area contributed by atoms with Gasteiger partial charge in [0.2, 0.25) is 0 Å². The number of anilines is 1. The smallest absolute Gasteiger partial charge is 0.162 e. The van der Waals surface area contributed by atoms with Crippen LogP contribution in [0.2, 0.25) is 5.02 Å². The number of benzene rings is 5. The molecule has 1 heterocycles. The van der Waals surface area contributed by atoms with Crippen molar-refractivity contribution in [2.24, 2.45) is 5.41 Å². The Morgan fingerprint density at radius 1 is 0.825 bits per heavy atom. The van der Waals surface area contributed by atoms with Gasteiger partial charge >= 0.3 is 0 Å². The Hall–Kier alpha value is -4.08. The zero-order valence-electron chi connectivity index (χ0n) is 22.6. The highest BCUT2D eigenvalue weighted by Gasteiger charge is 2.42. The molecule has 0 radical (unpaired) electrons. The summed E-state index contributed by atoms with van der Waals surface area (Å²) in [5, 5.41) is 9.09. The SMILES string of the molecule is CC1(C)CC(=O)C2=C(C1)c1c(ccc3ccccc13)N[C@H]2c1c(OCc2ccc(Cl)cc2)ccc2ccccc12. The summed E-state index contributed by atoms with van der Waals surface area (Å²) in [6, 6.07) is 32.7. The summed E-state index contributed by atoms with van der Waals surface area (Å²) in [5.74, 6) is 0.985. The van der Waals surface area contributed by atoms with Gasteiger partial charge in [-0.3, -0.25) is 4.79 Å². The molecule has 5 aromatic rings. The van der Waals surface area contributed by atoms with Gasteiger partial charge < -0.3 is 10.1 Å². The van der Waals surface area contributed by atoms with Crippen LogP contribution < -0.4 is 10.1 Å². The Balaban J connectivity index is 1.44. The van der Waals surface area contributed by atoms with Gasteiger partial charge in [0.1, 0.15) is 12.4 Å². The molecular weight excluding hydrogens is 514 g/mol. The Morgan fingerprint density at radius 3 is 2.27 bits per heavy atom. The minimum Gasteiger partial charge on any atom is -0.489 e. The van der Waals surface area contributed by atoms with Crippen molar-refractivity contribution in [2.75, 3.05) is 5.32 Å². The van der Waals surface area contributed by atoms with Crippen LogP contribution in [0.5, 0.6) is 5.75 Å². The van der Waals surface area contributed by atoms with E-state index in [1.54, 1.807) is 0 Å². The average Bonchev–Trinajstić information content (AvgIpc) is 2.95. The normalized spacial score (nSPS) is 17.9. The molecule has 7 rings (SSSR count). The molecule has 1 aliphatic heterocycles. The fourth-order valence-electron chi connectivity index (χ4n) is 6.49. The first-order valence-corrected chi connectivity index (χ1v) is 14.2. The lowest BCUT2D eigenvalue weighted by Crippen LogP contribution is -2.33. The minimum atomic E-state index is -0.321. The lowest BCUT2D eigenvalue weighted by molar-refractivity contribution is -0.118. The topological polar surface area (TPSA) is 38.3 Å². The van der Waals surface area contributed by atoms with E-state index in [1.807, 2.05) is 30.3 Å². The van der Waals surface area contributed by atoms with Crippen molar-refractivity contribution in [3.8, 4) is 5.75 Å². The summed E-state index contributed by atoms with van der Waals surface area (Å²) in [6.45, 7) is 4.81. The van der Waals surface area contributed by atoms with Crippen LogP contribution in [-0.2, 0) is 11.4 Å². The van der Waals surface area contributed by atoms with Crippen molar-refractivity contribution in [3.05, 3.63) is 124 Å². The first-order valence-electron chi connectivity index (χ1n) is 13.8. The molecule has 2 aliphatic rings. The van der Waals surface area contributed by atoms with Crippen LogP contribution in [0.25, 0.3) is 27.1 Å². The second-order valence-electron chi connectivity index (χ2n) is 11.7. The highest BCUT2D eigenvalue weighted by atomic mass is 35.5. The van der Waals surface area contributed by atoms with Crippen LogP contribution in [0.3, 0.4) is 0 Å². The molecule has 3 nitrogen and oxygen atoms in total. The molecule has 0 saturated carbocycles. The average molecular weight is 544 g/mol. The maximum Gasteiger partial charge on any atom is 0.162 e. The van der Waals surface area contributed by atoms with Gasteiger partial charge in [0, 0.05) is 33.8 Å². The van der Waals surface area contributed by atoms with E-state index in [9.17, 15) is 4.79 Å². The molecule has 1 N–H and O–H groups in total. The van der Waals surface area contributed by atoms with Gasteiger partial charge in [0.25, 0.3) is 0 Å². The number of hydrogen-bond donors (Lipinski definition) is 1. The fraction of sp³-hybridized carbons (Fsp3) is 0.194. The van der Waals surface area contributed by atoms with Crippen LogP contribution in [0.15, 0.2) is 103 Å². The number of fused-ring (bicyclic) bond motifs is 5. The molecule has 0 saturated heterocycles. The van der Waals surface area contributed by atoms with E-state index in [-0.39, 0.29) is 17.2 Å². The summed E-state index contributed by atoms with van der Waals surface area (Å²) < 4.78 is 6.52. The van der Waals surface area contributed by atoms with Gasteiger partial charge in [-0.05, 0) is 68.8 Å². The lowest BCUT2D eigenvalue weighted by Gasteiger charge is -2.40. The van der Waals surface area contributed by atoms with Gasteiger partial charge in [0.05, 0.1) is 6.04 Å². The standard InChI is InChI=1S/C36H30ClNO2/c1-36(2)19-28-32-26-9-5-3-7-23(26)13-17-29(32)38-35(33(28)30(39)20-36)34-27-10-6-4-8-24(27)14-18-31(34)40-21-22-11-15-25(37)16-12-22/h3-18,35,38H,19-21H2,1-2H3/t35-/m1/s1. The molecule has 0 fully saturated rings. The monoisotopic (exact) mass is 543 g/mol. The molecule has 0 amide bonds. The fourth-order valence-corrected chi connectivity index (χ4v) is 6.62.